The van der Waals surface area contributed by atoms with Gasteiger partial charge < -0.3 is 9.47 Å². The van der Waals surface area contributed by atoms with Gasteiger partial charge >= 0.3 is 6.16 Å². The van der Waals surface area contributed by atoms with E-state index in [2.05, 4.69) is 11.3 Å². The molecule has 0 bridgehead atoms. The van der Waals surface area contributed by atoms with Gasteiger partial charge in [0.2, 0.25) is 0 Å². The molecule has 0 heterocycles. The first-order valence-electron chi connectivity index (χ1n) is 4.06. The third-order valence-electron chi connectivity index (χ3n) is 1.33. The molecule has 0 aromatic rings. The van der Waals surface area contributed by atoms with Crippen LogP contribution in [-0.4, -0.2) is 24.6 Å². The van der Waals surface area contributed by atoms with Crippen molar-refractivity contribution in [1.29, 1.82) is 0 Å². The highest BCUT2D eigenvalue weighted by molar-refractivity contribution is 5.82. The predicted molar refractivity (Wildman–Crippen MR) is 47.4 cm³/mol. The molecule has 0 amide bonds. The SMILES string of the molecule is C=CCC(OC(=O)OCC)C(C)=O. The second-order valence-electron chi connectivity index (χ2n) is 2.42. The molecule has 13 heavy (non-hydrogen) atoms. The second kappa shape index (κ2) is 6.22. The fourth-order valence-corrected chi connectivity index (χ4v) is 0.716. The minimum atomic E-state index is -0.815. The monoisotopic (exact) mass is 186 g/mol. The number of rotatable bonds is 5. The summed E-state index contributed by atoms with van der Waals surface area (Å²) in [5.41, 5.74) is 0. The summed E-state index contributed by atoms with van der Waals surface area (Å²) in [5, 5.41) is 0. The summed E-state index contributed by atoms with van der Waals surface area (Å²) in [7, 11) is 0. The maximum Gasteiger partial charge on any atom is 0.508 e. The van der Waals surface area contributed by atoms with Gasteiger partial charge in [-0.1, -0.05) is 6.08 Å². The van der Waals surface area contributed by atoms with E-state index in [1.165, 1.54) is 13.0 Å². The lowest BCUT2D eigenvalue weighted by Gasteiger charge is -2.11. The van der Waals surface area contributed by atoms with Gasteiger partial charge in [0.15, 0.2) is 11.9 Å². The van der Waals surface area contributed by atoms with Crippen molar-refractivity contribution in [3.8, 4) is 0 Å². The molecule has 1 unspecified atom stereocenters. The summed E-state index contributed by atoms with van der Waals surface area (Å²) >= 11 is 0. The normalized spacial score (nSPS) is 11.5. The lowest BCUT2D eigenvalue weighted by molar-refractivity contribution is -0.126. The maximum atomic E-state index is 10.9. The summed E-state index contributed by atoms with van der Waals surface area (Å²) < 4.78 is 9.23. The maximum absolute atomic E-state index is 10.9. The summed E-state index contributed by atoms with van der Waals surface area (Å²) in [5.74, 6) is -0.215. The molecule has 0 radical (unpaired) electrons. The molecule has 0 aliphatic heterocycles. The molecule has 0 spiro atoms. The summed E-state index contributed by atoms with van der Waals surface area (Å²) in [4.78, 5) is 21.7. The third kappa shape index (κ3) is 5.00. The van der Waals surface area contributed by atoms with Gasteiger partial charge in [-0.15, -0.1) is 6.58 Å². The quantitative estimate of drug-likeness (QED) is 0.484. The highest BCUT2D eigenvalue weighted by Gasteiger charge is 2.17. The zero-order chi connectivity index (χ0) is 10.3. The van der Waals surface area contributed by atoms with E-state index in [4.69, 9.17) is 4.74 Å². The molecule has 4 heteroatoms. The van der Waals surface area contributed by atoms with Gasteiger partial charge in [0.05, 0.1) is 6.61 Å². The molecule has 0 N–H and O–H groups in total. The van der Waals surface area contributed by atoms with Gasteiger partial charge in [-0.25, -0.2) is 4.79 Å². The number of ketones is 1. The van der Waals surface area contributed by atoms with Gasteiger partial charge in [0.1, 0.15) is 0 Å². The van der Waals surface area contributed by atoms with Crippen LogP contribution in [0, 0.1) is 0 Å². The number of carbonyl (C=O) groups is 2. The Hall–Kier alpha value is -1.32. The van der Waals surface area contributed by atoms with Crippen molar-refractivity contribution in [2.75, 3.05) is 6.61 Å². The van der Waals surface area contributed by atoms with Crippen molar-refractivity contribution < 1.29 is 19.1 Å². The number of hydrogen-bond donors (Lipinski definition) is 0. The number of carbonyl (C=O) groups excluding carboxylic acids is 2. The lowest BCUT2D eigenvalue weighted by atomic mass is 10.2. The van der Waals surface area contributed by atoms with E-state index >= 15 is 0 Å². The Labute approximate surface area is 77.5 Å². The molecule has 1 atom stereocenters. The zero-order valence-electron chi connectivity index (χ0n) is 7.91. The van der Waals surface area contributed by atoms with Gasteiger partial charge in [0, 0.05) is 6.42 Å². The van der Waals surface area contributed by atoms with Crippen molar-refractivity contribution in [2.45, 2.75) is 26.4 Å². The highest BCUT2D eigenvalue weighted by atomic mass is 16.7. The van der Waals surface area contributed by atoms with E-state index in [0.717, 1.165) is 0 Å². The van der Waals surface area contributed by atoms with Crippen molar-refractivity contribution >= 4 is 11.9 Å². The minimum Gasteiger partial charge on any atom is -0.435 e. The van der Waals surface area contributed by atoms with Crippen LogP contribution in [0.1, 0.15) is 20.3 Å². The first kappa shape index (κ1) is 11.7. The Morgan fingerprint density at radius 2 is 2.15 bits per heavy atom. The fraction of sp³-hybridized carbons (Fsp3) is 0.556. The summed E-state index contributed by atoms with van der Waals surface area (Å²) in [6.45, 7) is 6.70. The first-order valence-corrected chi connectivity index (χ1v) is 4.06. The van der Waals surface area contributed by atoms with Crippen molar-refractivity contribution in [1.82, 2.24) is 0 Å². The summed E-state index contributed by atoms with van der Waals surface area (Å²) in [6, 6.07) is 0. The fourth-order valence-electron chi connectivity index (χ4n) is 0.716. The largest absolute Gasteiger partial charge is 0.508 e. The molecule has 0 aliphatic carbocycles. The van der Waals surface area contributed by atoms with Crippen LogP contribution in [0.4, 0.5) is 4.79 Å². The van der Waals surface area contributed by atoms with Gasteiger partial charge in [0.25, 0.3) is 0 Å². The molecule has 0 saturated carbocycles. The Kier molecular flexibility index (Phi) is 5.59. The average molecular weight is 186 g/mol. The molecule has 74 valence electrons. The topological polar surface area (TPSA) is 52.6 Å². The van der Waals surface area contributed by atoms with Crippen LogP contribution in [0.25, 0.3) is 0 Å². The molecule has 0 fully saturated rings. The molecule has 0 aromatic heterocycles. The number of Topliss-reactive ketones (excluding diaryl/α,β-unsaturated/α-hetero) is 1. The Morgan fingerprint density at radius 1 is 1.54 bits per heavy atom. The van der Waals surface area contributed by atoms with Gasteiger partial charge in [-0.2, -0.15) is 0 Å². The van der Waals surface area contributed by atoms with Crippen LogP contribution in [0.5, 0.6) is 0 Å². The van der Waals surface area contributed by atoms with Gasteiger partial charge in [-0.05, 0) is 13.8 Å². The van der Waals surface area contributed by atoms with Crippen LogP contribution in [-0.2, 0) is 14.3 Å². The number of ether oxygens (including phenoxy) is 2. The standard InChI is InChI=1S/C9H14O4/c1-4-6-8(7(3)10)13-9(11)12-5-2/h4,8H,1,5-6H2,2-3H3. The van der Waals surface area contributed by atoms with E-state index in [1.807, 2.05) is 0 Å². The number of hydrogen-bond acceptors (Lipinski definition) is 4. The lowest BCUT2D eigenvalue weighted by Crippen LogP contribution is -2.25. The van der Waals surface area contributed by atoms with Crippen LogP contribution in [0.15, 0.2) is 12.7 Å². The van der Waals surface area contributed by atoms with E-state index < -0.39 is 12.3 Å². The third-order valence-corrected chi connectivity index (χ3v) is 1.33. The van der Waals surface area contributed by atoms with Crippen LogP contribution in [0.3, 0.4) is 0 Å². The molecule has 0 rings (SSSR count). The van der Waals surface area contributed by atoms with E-state index in [9.17, 15) is 9.59 Å². The first-order chi connectivity index (χ1) is 6.11. The molecule has 4 nitrogen and oxygen atoms in total. The van der Waals surface area contributed by atoms with Crippen molar-refractivity contribution in [3.05, 3.63) is 12.7 Å². The smallest absolute Gasteiger partial charge is 0.435 e. The molecular formula is C9H14O4. The van der Waals surface area contributed by atoms with E-state index in [1.54, 1.807) is 6.92 Å². The zero-order valence-corrected chi connectivity index (χ0v) is 7.91. The molecule has 0 saturated heterocycles. The predicted octanol–water partition coefficient (Wildman–Crippen LogP) is 1.69. The van der Waals surface area contributed by atoms with Crippen molar-refractivity contribution in [2.24, 2.45) is 0 Å². The summed E-state index contributed by atoms with van der Waals surface area (Å²) in [6.07, 6.45) is 0.250. The molecular weight excluding hydrogens is 172 g/mol. The minimum absolute atomic E-state index is 0.215. The van der Waals surface area contributed by atoms with Crippen LogP contribution in [0.2, 0.25) is 0 Å². The van der Waals surface area contributed by atoms with Gasteiger partial charge in [-0.3, -0.25) is 4.79 Å². The molecule has 0 aliphatic rings. The second-order valence-corrected chi connectivity index (χ2v) is 2.42. The Balaban J connectivity index is 4.01. The van der Waals surface area contributed by atoms with Crippen LogP contribution < -0.4 is 0 Å². The van der Waals surface area contributed by atoms with E-state index in [-0.39, 0.29) is 12.4 Å². The molecule has 0 aromatic carbocycles. The average Bonchev–Trinajstić information content (AvgIpc) is 2.04. The highest BCUT2D eigenvalue weighted by Crippen LogP contribution is 2.02. The Morgan fingerprint density at radius 3 is 2.54 bits per heavy atom. The van der Waals surface area contributed by atoms with Crippen molar-refractivity contribution in [3.63, 3.8) is 0 Å². The van der Waals surface area contributed by atoms with Crippen LogP contribution >= 0.6 is 0 Å². The van der Waals surface area contributed by atoms with E-state index in [0.29, 0.717) is 6.42 Å². The Bertz CT molecular complexity index is 198.